The molecule has 3 heterocycles. The molecule has 0 aliphatic rings. The zero-order valence-electron chi connectivity index (χ0n) is 19.6. The number of para-hydroxylation sites is 3. The van der Waals surface area contributed by atoms with Crippen LogP contribution >= 0.6 is 15.9 Å². The van der Waals surface area contributed by atoms with Gasteiger partial charge in [-0.05, 0) is 64.5 Å². The normalized spacial score (nSPS) is 12.6. The first-order valence-corrected chi connectivity index (χ1v) is 12.1. The van der Waals surface area contributed by atoms with Gasteiger partial charge in [0.1, 0.15) is 18.2 Å². The highest BCUT2D eigenvalue weighted by atomic mass is 79.9. The number of nitrogens with one attached hydrogen (secondary N) is 1. The highest BCUT2D eigenvalue weighted by Gasteiger charge is 2.36. The lowest BCUT2D eigenvalue weighted by Gasteiger charge is -2.21. The predicted octanol–water partition coefficient (Wildman–Crippen LogP) is 5.86. The van der Waals surface area contributed by atoms with Gasteiger partial charge in [-0.2, -0.15) is 9.37 Å². The SMILES string of the molecule is CC(F)(Oc1ccccc1)C(=O)Nc1cccc(COc2nc3ccccc3n2-c2ncccc2Br)n1. The third-order valence-corrected chi connectivity index (χ3v) is 5.96. The summed E-state index contributed by atoms with van der Waals surface area (Å²) in [6.45, 7) is 1.09. The fourth-order valence-electron chi connectivity index (χ4n) is 3.60. The van der Waals surface area contributed by atoms with E-state index in [2.05, 4.69) is 36.2 Å². The van der Waals surface area contributed by atoms with Crippen LogP contribution in [-0.2, 0) is 11.4 Å². The number of carbonyl (C=O) groups is 1. The number of amides is 1. The molecule has 37 heavy (non-hydrogen) atoms. The molecule has 1 unspecified atom stereocenters. The van der Waals surface area contributed by atoms with Crippen molar-refractivity contribution in [1.29, 1.82) is 0 Å². The molecule has 2 aromatic carbocycles. The number of halogens is 2. The molecule has 0 fully saturated rings. The van der Waals surface area contributed by atoms with Gasteiger partial charge in [-0.15, -0.1) is 0 Å². The van der Waals surface area contributed by atoms with Crippen molar-refractivity contribution in [3.8, 4) is 17.6 Å². The van der Waals surface area contributed by atoms with Crippen molar-refractivity contribution in [2.24, 2.45) is 0 Å². The zero-order valence-corrected chi connectivity index (χ0v) is 21.2. The summed E-state index contributed by atoms with van der Waals surface area (Å²) in [6.07, 6.45) is 1.69. The van der Waals surface area contributed by atoms with Crippen molar-refractivity contribution >= 4 is 38.7 Å². The van der Waals surface area contributed by atoms with E-state index in [-0.39, 0.29) is 18.2 Å². The second-order valence-corrected chi connectivity index (χ2v) is 8.97. The van der Waals surface area contributed by atoms with E-state index in [1.165, 1.54) is 0 Å². The number of alkyl halides is 1. The first kappa shape index (κ1) is 24.4. The minimum absolute atomic E-state index is 0.0465. The van der Waals surface area contributed by atoms with Crippen LogP contribution in [0.1, 0.15) is 12.6 Å². The Morgan fingerprint density at radius 2 is 1.78 bits per heavy atom. The van der Waals surface area contributed by atoms with Crippen LogP contribution in [0.25, 0.3) is 16.9 Å². The van der Waals surface area contributed by atoms with E-state index in [9.17, 15) is 9.18 Å². The van der Waals surface area contributed by atoms with Crippen molar-refractivity contribution in [1.82, 2.24) is 19.5 Å². The molecule has 1 amide bonds. The van der Waals surface area contributed by atoms with Crippen molar-refractivity contribution < 1.29 is 18.7 Å². The fourth-order valence-corrected chi connectivity index (χ4v) is 4.03. The summed E-state index contributed by atoms with van der Waals surface area (Å²) in [5.74, 6) is -2.56. The molecule has 0 aliphatic heterocycles. The van der Waals surface area contributed by atoms with Crippen LogP contribution in [0.3, 0.4) is 0 Å². The number of imidazole rings is 1. The molecule has 1 N–H and O–H groups in total. The molecule has 5 aromatic rings. The minimum atomic E-state index is -2.60. The number of aromatic nitrogens is 4. The van der Waals surface area contributed by atoms with E-state index < -0.39 is 11.8 Å². The fraction of sp³-hybridized carbons (Fsp3) is 0.111. The minimum Gasteiger partial charge on any atom is -0.458 e. The quantitative estimate of drug-likeness (QED) is 0.255. The Hall–Kier alpha value is -4.31. The van der Waals surface area contributed by atoms with Gasteiger partial charge >= 0.3 is 17.8 Å². The lowest BCUT2D eigenvalue weighted by molar-refractivity contribution is -0.144. The van der Waals surface area contributed by atoms with Crippen LogP contribution in [0.4, 0.5) is 10.2 Å². The summed E-state index contributed by atoms with van der Waals surface area (Å²) in [4.78, 5) is 26.0. The molecule has 3 aromatic heterocycles. The molecule has 1 atom stereocenters. The van der Waals surface area contributed by atoms with Crippen molar-refractivity contribution in [3.05, 3.63) is 101 Å². The van der Waals surface area contributed by atoms with E-state index in [0.717, 1.165) is 22.4 Å². The van der Waals surface area contributed by atoms with E-state index in [1.54, 1.807) is 59.3 Å². The maximum Gasteiger partial charge on any atom is 0.324 e. The van der Waals surface area contributed by atoms with Gasteiger partial charge in [0.25, 0.3) is 0 Å². The summed E-state index contributed by atoms with van der Waals surface area (Å²) in [6, 6.07) is 24.9. The smallest absolute Gasteiger partial charge is 0.324 e. The maximum absolute atomic E-state index is 15.0. The van der Waals surface area contributed by atoms with Crippen LogP contribution in [0.2, 0.25) is 0 Å². The summed E-state index contributed by atoms with van der Waals surface area (Å²) in [5, 5.41) is 2.46. The van der Waals surface area contributed by atoms with Gasteiger partial charge in [-0.1, -0.05) is 36.4 Å². The van der Waals surface area contributed by atoms with Gasteiger partial charge in [0.2, 0.25) is 0 Å². The molecule has 0 spiro atoms. The van der Waals surface area contributed by atoms with Crippen LogP contribution in [0.5, 0.6) is 11.8 Å². The Morgan fingerprint density at radius 1 is 1.00 bits per heavy atom. The first-order chi connectivity index (χ1) is 17.9. The standard InChI is InChI=1S/C27H21BrFN5O3/c1-27(29,37-19-10-3-2-4-11-19)25(35)33-23-15-7-9-18(31-23)17-36-26-32-21-13-5-6-14-22(21)34(26)24-20(28)12-8-16-30-24/h2-16H,17H2,1H3,(H,31,33,35). The summed E-state index contributed by atoms with van der Waals surface area (Å²) < 4.78 is 28.8. The first-order valence-electron chi connectivity index (χ1n) is 11.3. The molecule has 10 heteroatoms. The molecule has 5 rings (SSSR count). The highest BCUT2D eigenvalue weighted by Crippen LogP contribution is 2.29. The number of hydrogen-bond acceptors (Lipinski definition) is 6. The largest absolute Gasteiger partial charge is 0.458 e. The van der Waals surface area contributed by atoms with Gasteiger partial charge in [0.05, 0.1) is 21.2 Å². The van der Waals surface area contributed by atoms with Crippen molar-refractivity contribution in [2.75, 3.05) is 5.32 Å². The summed E-state index contributed by atoms with van der Waals surface area (Å²) in [7, 11) is 0. The lowest BCUT2D eigenvalue weighted by atomic mass is 10.3. The second-order valence-electron chi connectivity index (χ2n) is 8.12. The number of rotatable bonds is 8. The average Bonchev–Trinajstić information content (AvgIpc) is 3.26. The van der Waals surface area contributed by atoms with Gasteiger partial charge in [-0.3, -0.25) is 4.79 Å². The summed E-state index contributed by atoms with van der Waals surface area (Å²) in [5.41, 5.74) is 2.07. The van der Waals surface area contributed by atoms with Gasteiger partial charge in [-0.25, -0.2) is 14.5 Å². The average molecular weight is 562 g/mol. The van der Waals surface area contributed by atoms with Crippen LogP contribution in [0, 0.1) is 0 Å². The molecule has 8 nitrogen and oxygen atoms in total. The lowest BCUT2D eigenvalue weighted by Crippen LogP contribution is -2.41. The van der Waals surface area contributed by atoms with Crippen LogP contribution in [-0.4, -0.2) is 31.3 Å². The van der Waals surface area contributed by atoms with Gasteiger partial charge in [0.15, 0.2) is 5.82 Å². The third kappa shape index (κ3) is 5.44. The van der Waals surface area contributed by atoms with Gasteiger partial charge in [0, 0.05) is 13.1 Å². The molecule has 0 saturated carbocycles. The number of anilines is 1. The Balaban J connectivity index is 1.33. The van der Waals surface area contributed by atoms with Crippen molar-refractivity contribution in [2.45, 2.75) is 19.4 Å². The number of hydrogen-bond donors (Lipinski definition) is 1. The Kier molecular flexibility index (Phi) is 6.82. The number of carbonyl (C=O) groups excluding carboxylic acids is 1. The molecule has 0 bridgehead atoms. The molecular weight excluding hydrogens is 541 g/mol. The molecule has 0 aliphatic carbocycles. The molecule has 0 radical (unpaired) electrons. The van der Waals surface area contributed by atoms with Crippen molar-refractivity contribution in [3.63, 3.8) is 0 Å². The van der Waals surface area contributed by atoms with E-state index >= 15 is 0 Å². The van der Waals surface area contributed by atoms with E-state index in [4.69, 9.17) is 9.47 Å². The Morgan fingerprint density at radius 3 is 2.59 bits per heavy atom. The maximum atomic E-state index is 15.0. The number of nitrogens with zero attached hydrogens (tertiary/aromatic N) is 4. The molecule has 0 saturated heterocycles. The Bertz CT molecular complexity index is 1560. The van der Waals surface area contributed by atoms with Crippen LogP contribution in [0.15, 0.2) is 95.6 Å². The number of fused-ring (bicyclic) bond motifs is 1. The molecular formula is C27H21BrFN5O3. The Labute approximate surface area is 220 Å². The summed E-state index contributed by atoms with van der Waals surface area (Å²) >= 11 is 3.54. The number of pyridine rings is 2. The van der Waals surface area contributed by atoms with E-state index in [0.29, 0.717) is 17.5 Å². The van der Waals surface area contributed by atoms with E-state index in [1.807, 2.05) is 36.4 Å². The number of ether oxygens (including phenoxy) is 2. The highest BCUT2D eigenvalue weighted by molar-refractivity contribution is 9.10. The second kappa shape index (κ2) is 10.4. The van der Waals surface area contributed by atoms with Gasteiger partial charge < -0.3 is 14.8 Å². The predicted molar refractivity (Wildman–Crippen MR) is 140 cm³/mol. The topological polar surface area (TPSA) is 91.2 Å². The third-order valence-electron chi connectivity index (χ3n) is 5.34. The van der Waals surface area contributed by atoms with Crippen LogP contribution < -0.4 is 14.8 Å². The molecule has 186 valence electrons. The zero-order chi connectivity index (χ0) is 25.8. The monoisotopic (exact) mass is 561 g/mol. The number of benzene rings is 2.